The van der Waals surface area contributed by atoms with Gasteiger partial charge in [-0.25, -0.2) is 0 Å². The Hall–Kier alpha value is -1.53. The van der Waals surface area contributed by atoms with E-state index in [-0.39, 0.29) is 23.4 Å². The van der Waals surface area contributed by atoms with Crippen LogP contribution < -0.4 is 0 Å². The number of rotatable bonds is 8. The molecule has 3 aliphatic rings. The molecule has 0 bridgehead atoms. The summed E-state index contributed by atoms with van der Waals surface area (Å²) < 4.78 is 10.8. The molecule has 0 aromatic rings. The minimum atomic E-state index is -1.22. The number of aldehydes is 1. The molecule has 2 aliphatic carbocycles. The molecule has 1 aliphatic heterocycles. The monoisotopic (exact) mass is 378 g/mol. The average Bonchev–Trinajstić information content (AvgIpc) is 3.46. The lowest BCUT2D eigenvalue weighted by Crippen LogP contribution is -2.54. The highest BCUT2D eigenvalue weighted by Crippen LogP contribution is 2.62. The number of aliphatic hydroxyl groups excluding tert-OH is 1. The van der Waals surface area contributed by atoms with Gasteiger partial charge in [-0.15, -0.1) is 0 Å². The van der Waals surface area contributed by atoms with Crippen LogP contribution in [0.2, 0.25) is 0 Å². The third kappa shape index (κ3) is 3.07. The molecule has 1 N–H and O–H groups in total. The molecule has 0 radical (unpaired) electrons. The minimum absolute atomic E-state index is 0.163. The lowest BCUT2D eigenvalue weighted by molar-refractivity contribution is -0.150. The fourth-order valence-corrected chi connectivity index (χ4v) is 5.78. The van der Waals surface area contributed by atoms with Gasteiger partial charge in [-0.3, -0.25) is 14.4 Å². The second-order valence-electron chi connectivity index (χ2n) is 8.95. The number of carbonyl (C=O) groups excluding carboxylic acids is 3. The molecule has 6 heteroatoms. The van der Waals surface area contributed by atoms with Crippen molar-refractivity contribution in [3.63, 3.8) is 0 Å². The Morgan fingerprint density at radius 3 is 2.67 bits per heavy atom. The number of allylic oxidation sites excluding steroid dienone is 2. The number of aliphatic hydroxyl groups is 1. The van der Waals surface area contributed by atoms with E-state index < -0.39 is 24.1 Å². The fraction of sp³-hybridized carbons (Fsp3) is 0.762. The van der Waals surface area contributed by atoms with Crippen molar-refractivity contribution in [2.75, 3.05) is 13.2 Å². The number of ketones is 1. The Kier molecular flexibility index (Phi) is 5.34. The maximum absolute atomic E-state index is 12.3. The lowest BCUT2D eigenvalue weighted by Gasteiger charge is -2.58. The molecule has 0 aromatic heterocycles. The van der Waals surface area contributed by atoms with Gasteiger partial charge in [-0.2, -0.15) is 0 Å². The molecule has 3 rings (SSSR count). The number of ether oxygens (including phenoxy) is 2. The molecule has 6 nitrogen and oxygen atoms in total. The zero-order chi connectivity index (χ0) is 19.9. The van der Waals surface area contributed by atoms with Crippen LogP contribution in [0.15, 0.2) is 11.6 Å². The van der Waals surface area contributed by atoms with E-state index in [0.29, 0.717) is 18.8 Å². The summed E-state index contributed by atoms with van der Waals surface area (Å²) in [6.45, 7) is 6.45. The maximum Gasteiger partial charge on any atom is 0.293 e. The maximum atomic E-state index is 12.3. The average molecular weight is 378 g/mol. The van der Waals surface area contributed by atoms with E-state index in [1.807, 2.05) is 0 Å². The number of epoxide rings is 1. The summed E-state index contributed by atoms with van der Waals surface area (Å²) in [5.74, 6) is 0.150. The molecule has 1 saturated carbocycles. The first-order chi connectivity index (χ1) is 12.8. The third-order valence-corrected chi connectivity index (χ3v) is 7.83. The number of carbonyl (C=O) groups is 3. The van der Waals surface area contributed by atoms with Crippen LogP contribution in [0, 0.1) is 22.7 Å². The summed E-state index contributed by atoms with van der Waals surface area (Å²) in [5, 5.41) is 9.32. The topological polar surface area (TPSA) is 93.2 Å². The van der Waals surface area contributed by atoms with E-state index in [1.165, 1.54) is 0 Å². The SMILES string of the molecule is C[C@@H]1CC[C@]2(C)C(C=O)=CCC[C@H]2[C@]1(C)C[C@@H](OC=O)[C@]1(C(=O)CO)CO1. The van der Waals surface area contributed by atoms with Gasteiger partial charge in [-0.05, 0) is 60.3 Å². The van der Waals surface area contributed by atoms with Crippen molar-refractivity contribution in [1.82, 2.24) is 0 Å². The van der Waals surface area contributed by atoms with Crippen LogP contribution in [0.25, 0.3) is 0 Å². The van der Waals surface area contributed by atoms with Gasteiger partial charge in [0.05, 0.1) is 6.61 Å². The lowest BCUT2D eigenvalue weighted by atomic mass is 9.46. The molecule has 27 heavy (non-hydrogen) atoms. The van der Waals surface area contributed by atoms with Gasteiger partial charge in [0.1, 0.15) is 19.0 Å². The Balaban J connectivity index is 1.95. The molecule has 0 spiro atoms. The zero-order valence-electron chi connectivity index (χ0n) is 16.4. The summed E-state index contributed by atoms with van der Waals surface area (Å²) in [6, 6.07) is 0. The number of hydrogen-bond acceptors (Lipinski definition) is 6. The van der Waals surface area contributed by atoms with Gasteiger partial charge >= 0.3 is 0 Å². The number of fused-ring (bicyclic) bond motifs is 1. The van der Waals surface area contributed by atoms with Gasteiger partial charge in [0, 0.05) is 0 Å². The Bertz CT molecular complexity index is 651. The Morgan fingerprint density at radius 2 is 2.11 bits per heavy atom. The summed E-state index contributed by atoms with van der Waals surface area (Å²) in [4.78, 5) is 35.1. The van der Waals surface area contributed by atoms with Crippen LogP contribution in [0.5, 0.6) is 0 Å². The standard InChI is InChI=1S/C21H30O6/c1-14-7-8-19(2)15(10-22)5-4-6-16(19)20(14,3)9-18(26-13-24)21(12-27-21)17(25)11-23/h5,10,13-14,16,18,23H,4,6-9,11-12H2,1-3H3/t14-,16-,18-,19-,20-,21-/m1/s1. The van der Waals surface area contributed by atoms with Crippen LogP contribution in [-0.2, 0) is 23.9 Å². The molecule has 2 fully saturated rings. The van der Waals surface area contributed by atoms with E-state index in [0.717, 1.165) is 37.5 Å². The first-order valence-electron chi connectivity index (χ1n) is 9.81. The molecular formula is C21H30O6. The Morgan fingerprint density at radius 1 is 1.41 bits per heavy atom. The van der Waals surface area contributed by atoms with Crippen LogP contribution in [0.4, 0.5) is 0 Å². The normalized spacial score (nSPS) is 41.7. The van der Waals surface area contributed by atoms with Crippen molar-refractivity contribution in [2.24, 2.45) is 22.7 Å². The van der Waals surface area contributed by atoms with E-state index in [1.54, 1.807) is 0 Å². The van der Waals surface area contributed by atoms with E-state index in [9.17, 15) is 19.5 Å². The molecule has 6 atom stereocenters. The van der Waals surface area contributed by atoms with Gasteiger partial charge in [0.15, 0.2) is 11.4 Å². The molecular weight excluding hydrogens is 348 g/mol. The van der Waals surface area contributed by atoms with E-state index in [2.05, 4.69) is 26.8 Å². The third-order valence-electron chi connectivity index (χ3n) is 7.83. The highest BCUT2D eigenvalue weighted by molar-refractivity contribution is 5.91. The highest BCUT2D eigenvalue weighted by atomic mass is 16.6. The largest absolute Gasteiger partial charge is 0.461 e. The minimum Gasteiger partial charge on any atom is -0.461 e. The van der Waals surface area contributed by atoms with Gasteiger partial charge in [0.25, 0.3) is 6.47 Å². The van der Waals surface area contributed by atoms with Crippen molar-refractivity contribution in [2.45, 2.75) is 64.6 Å². The summed E-state index contributed by atoms with van der Waals surface area (Å²) in [5.41, 5.74) is -0.776. The second kappa shape index (κ2) is 7.13. The smallest absolute Gasteiger partial charge is 0.293 e. The Labute approximate surface area is 160 Å². The van der Waals surface area contributed by atoms with E-state index >= 15 is 0 Å². The van der Waals surface area contributed by atoms with Crippen LogP contribution in [0.1, 0.15) is 52.9 Å². The van der Waals surface area contributed by atoms with Gasteiger partial charge in [0.2, 0.25) is 0 Å². The predicted octanol–water partition coefficient (Wildman–Crippen LogP) is 2.23. The number of Topliss-reactive ketones (excluding diaryl/α,β-unsaturated/α-hetero) is 1. The van der Waals surface area contributed by atoms with Crippen LogP contribution in [-0.4, -0.2) is 48.6 Å². The highest BCUT2D eigenvalue weighted by Gasteiger charge is 2.63. The second-order valence-corrected chi connectivity index (χ2v) is 8.95. The number of hydrogen-bond donors (Lipinski definition) is 1. The first kappa shape index (κ1) is 20.2. The molecule has 0 aromatic carbocycles. The summed E-state index contributed by atoms with van der Waals surface area (Å²) in [7, 11) is 0. The van der Waals surface area contributed by atoms with Crippen molar-refractivity contribution in [1.29, 1.82) is 0 Å². The molecule has 0 unspecified atom stereocenters. The summed E-state index contributed by atoms with van der Waals surface area (Å²) >= 11 is 0. The predicted molar refractivity (Wildman–Crippen MR) is 97.8 cm³/mol. The summed E-state index contributed by atoms with van der Waals surface area (Å²) in [6.07, 6.45) is 6.53. The first-order valence-corrected chi connectivity index (χ1v) is 9.81. The van der Waals surface area contributed by atoms with Crippen molar-refractivity contribution in [3.05, 3.63) is 11.6 Å². The van der Waals surface area contributed by atoms with Crippen molar-refractivity contribution < 1.29 is 29.0 Å². The van der Waals surface area contributed by atoms with Crippen LogP contribution in [0.3, 0.4) is 0 Å². The molecule has 1 heterocycles. The van der Waals surface area contributed by atoms with E-state index in [4.69, 9.17) is 9.47 Å². The quantitative estimate of drug-likeness (QED) is 0.514. The zero-order valence-corrected chi connectivity index (χ0v) is 16.4. The molecule has 0 amide bonds. The van der Waals surface area contributed by atoms with Gasteiger partial charge in [-0.1, -0.05) is 26.8 Å². The molecule has 1 saturated heterocycles. The van der Waals surface area contributed by atoms with Crippen molar-refractivity contribution in [3.8, 4) is 0 Å². The van der Waals surface area contributed by atoms with Gasteiger partial charge < -0.3 is 14.6 Å². The van der Waals surface area contributed by atoms with Crippen LogP contribution >= 0.6 is 0 Å². The molecule has 150 valence electrons. The fourth-order valence-electron chi connectivity index (χ4n) is 5.78. The van der Waals surface area contributed by atoms with Crippen molar-refractivity contribution >= 4 is 18.5 Å².